The van der Waals surface area contributed by atoms with Crippen LogP contribution in [0.1, 0.15) is 43.6 Å². The summed E-state index contributed by atoms with van der Waals surface area (Å²) in [6.45, 7) is 0. The lowest BCUT2D eigenvalue weighted by molar-refractivity contribution is 0.384. The van der Waals surface area contributed by atoms with E-state index >= 15 is 0 Å². The Morgan fingerprint density at radius 1 is 0.870 bits per heavy atom. The first-order chi connectivity index (χ1) is 11.1. The SMILES string of the molecule is COc1ccc(F)cc1F.Fc1ccccc1C1CCCCC1. The Labute approximate surface area is 135 Å². The Balaban J connectivity index is 0.000000174. The van der Waals surface area contributed by atoms with Gasteiger partial charge in [0.2, 0.25) is 0 Å². The van der Waals surface area contributed by atoms with Crippen molar-refractivity contribution in [1.82, 2.24) is 0 Å². The van der Waals surface area contributed by atoms with Gasteiger partial charge in [0.25, 0.3) is 0 Å². The number of benzene rings is 2. The van der Waals surface area contributed by atoms with Crippen molar-refractivity contribution in [3.8, 4) is 5.75 Å². The van der Waals surface area contributed by atoms with Crippen LogP contribution in [-0.2, 0) is 0 Å². The van der Waals surface area contributed by atoms with E-state index in [-0.39, 0.29) is 11.6 Å². The molecule has 0 spiro atoms. The van der Waals surface area contributed by atoms with E-state index in [9.17, 15) is 13.2 Å². The first kappa shape index (κ1) is 17.4. The van der Waals surface area contributed by atoms with E-state index in [2.05, 4.69) is 4.74 Å². The minimum Gasteiger partial charge on any atom is -0.494 e. The third kappa shape index (κ3) is 5.02. The molecule has 0 unspecified atom stereocenters. The van der Waals surface area contributed by atoms with Crippen molar-refractivity contribution in [2.45, 2.75) is 38.0 Å². The maximum atomic E-state index is 13.4. The van der Waals surface area contributed by atoms with Crippen molar-refractivity contribution in [1.29, 1.82) is 0 Å². The van der Waals surface area contributed by atoms with Crippen LogP contribution in [0.5, 0.6) is 5.75 Å². The molecule has 1 nitrogen and oxygen atoms in total. The lowest BCUT2D eigenvalue weighted by Gasteiger charge is -2.22. The molecule has 0 heterocycles. The third-order valence-corrected chi connectivity index (χ3v) is 4.06. The third-order valence-electron chi connectivity index (χ3n) is 4.06. The van der Waals surface area contributed by atoms with E-state index in [1.54, 1.807) is 12.1 Å². The lowest BCUT2D eigenvalue weighted by Crippen LogP contribution is -2.06. The van der Waals surface area contributed by atoms with Crippen molar-refractivity contribution in [3.05, 3.63) is 65.5 Å². The minimum absolute atomic E-state index is 0.0191. The van der Waals surface area contributed by atoms with E-state index in [0.717, 1.165) is 17.7 Å². The highest BCUT2D eigenvalue weighted by molar-refractivity contribution is 5.24. The molecule has 124 valence electrons. The summed E-state index contributed by atoms with van der Waals surface area (Å²) in [4.78, 5) is 0. The summed E-state index contributed by atoms with van der Waals surface area (Å²) in [5.41, 5.74) is 0.933. The van der Waals surface area contributed by atoms with E-state index in [1.807, 2.05) is 12.1 Å². The molecule has 0 saturated heterocycles. The monoisotopic (exact) mass is 322 g/mol. The molecule has 0 amide bonds. The molecule has 1 saturated carbocycles. The molecule has 0 atom stereocenters. The second-order valence-corrected chi connectivity index (χ2v) is 5.64. The van der Waals surface area contributed by atoms with Crippen LogP contribution in [0.4, 0.5) is 13.2 Å². The summed E-state index contributed by atoms with van der Waals surface area (Å²) in [7, 11) is 1.33. The first-order valence-electron chi connectivity index (χ1n) is 7.85. The number of hydrogen-bond donors (Lipinski definition) is 0. The molecule has 0 N–H and O–H groups in total. The molecule has 2 aromatic carbocycles. The van der Waals surface area contributed by atoms with Gasteiger partial charge in [0.1, 0.15) is 11.6 Å². The van der Waals surface area contributed by atoms with Crippen molar-refractivity contribution in [2.24, 2.45) is 0 Å². The number of ether oxygens (including phenoxy) is 1. The molecular formula is C19H21F3O. The molecule has 1 aliphatic carbocycles. The van der Waals surface area contributed by atoms with Gasteiger partial charge >= 0.3 is 0 Å². The molecule has 3 rings (SSSR count). The van der Waals surface area contributed by atoms with Crippen molar-refractivity contribution >= 4 is 0 Å². The standard InChI is InChI=1S/C12H15F.C7H6F2O/c13-12-9-5-4-8-11(12)10-6-2-1-3-7-10;1-10-7-3-2-5(8)4-6(7)9/h4-5,8-10H,1-3,6-7H2;2-4H,1H3. The lowest BCUT2D eigenvalue weighted by atomic mass is 9.84. The molecule has 1 fully saturated rings. The van der Waals surface area contributed by atoms with Gasteiger partial charge in [0, 0.05) is 6.07 Å². The largest absolute Gasteiger partial charge is 0.494 e. The molecule has 0 aliphatic heterocycles. The van der Waals surface area contributed by atoms with Gasteiger partial charge in [-0.2, -0.15) is 0 Å². The Morgan fingerprint density at radius 3 is 2.17 bits per heavy atom. The second kappa shape index (κ2) is 8.61. The zero-order chi connectivity index (χ0) is 16.7. The summed E-state index contributed by atoms with van der Waals surface area (Å²) >= 11 is 0. The van der Waals surface area contributed by atoms with Gasteiger partial charge in [-0.25, -0.2) is 13.2 Å². The Bertz CT molecular complexity index is 622. The topological polar surface area (TPSA) is 9.23 Å². The van der Waals surface area contributed by atoms with Gasteiger partial charge in [-0.15, -0.1) is 0 Å². The fourth-order valence-electron chi connectivity index (χ4n) is 2.86. The highest BCUT2D eigenvalue weighted by atomic mass is 19.1. The maximum absolute atomic E-state index is 13.4. The zero-order valence-electron chi connectivity index (χ0n) is 13.2. The quantitative estimate of drug-likeness (QED) is 0.674. The highest BCUT2D eigenvalue weighted by Crippen LogP contribution is 2.33. The van der Waals surface area contributed by atoms with Crippen LogP contribution >= 0.6 is 0 Å². The predicted molar refractivity (Wildman–Crippen MR) is 85.1 cm³/mol. The Morgan fingerprint density at radius 2 is 1.57 bits per heavy atom. The number of methoxy groups -OCH3 is 1. The van der Waals surface area contributed by atoms with Gasteiger partial charge in [0.15, 0.2) is 11.6 Å². The summed E-state index contributed by atoms with van der Waals surface area (Å²) in [6, 6.07) is 10.4. The molecule has 0 bridgehead atoms. The Kier molecular flexibility index (Phi) is 6.51. The van der Waals surface area contributed by atoms with E-state index < -0.39 is 11.6 Å². The van der Waals surface area contributed by atoms with Gasteiger partial charge in [-0.05, 0) is 42.5 Å². The predicted octanol–water partition coefficient (Wildman–Crippen LogP) is 5.85. The van der Waals surface area contributed by atoms with Crippen LogP contribution in [0, 0.1) is 17.5 Å². The summed E-state index contributed by atoms with van der Waals surface area (Å²) in [6.07, 6.45) is 6.19. The minimum atomic E-state index is -0.678. The van der Waals surface area contributed by atoms with Gasteiger partial charge < -0.3 is 4.74 Å². The molecule has 0 aromatic heterocycles. The first-order valence-corrected chi connectivity index (χ1v) is 7.85. The average molecular weight is 322 g/mol. The maximum Gasteiger partial charge on any atom is 0.167 e. The number of halogens is 3. The summed E-state index contributed by atoms with van der Waals surface area (Å²) in [5, 5.41) is 0. The van der Waals surface area contributed by atoms with Crippen LogP contribution in [0.25, 0.3) is 0 Å². The second-order valence-electron chi connectivity index (χ2n) is 5.64. The number of rotatable bonds is 2. The smallest absolute Gasteiger partial charge is 0.167 e. The summed E-state index contributed by atoms with van der Waals surface area (Å²) < 4.78 is 42.6. The highest BCUT2D eigenvalue weighted by Gasteiger charge is 2.17. The van der Waals surface area contributed by atoms with Gasteiger partial charge in [-0.1, -0.05) is 37.5 Å². The average Bonchev–Trinajstić information content (AvgIpc) is 2.57. The fraction of sp³-hybridized carbons (Fsp3) is 0.368. The van der Waals surface area contributed by atoms with Gasteiger partial charge in [-0.3, -0.25) is 0 Å². The van der Waals surface area contributed by atoms with Crippen molar-refractivity contribution in [2.75, 3.05) is 7.11 Å². The fourth-order valence-corrected chi connectivity index (χ4v) is 2.86. The molecule has 23 heavy (non-hydrogen) atoms. The van der Waals surface area contributed by atoms with Crippen molar-refractivity contribution in [3.63, 3.8) is 0 Å². The number of hydrogen-bond acceptors (Lipinski definition) is 1. The van der Waals surface area contributed by atoms with Crippen LogP contribution < -0.4 is 4.74 Å². The van der Waals surface area contributed by atoms with Crippen LogP contribution in [0.3, 0.4) is 0 Å². The van der Waals surface area contributed by atoms with E-state index in [0.29, 0.717) is 5.92 Å². The molecule has 0 radical (unpaired) electrons. The summed E-state index contributed by atoms with van der Waals surface area (Å²) in [5.74, 6) is -0.758. The van der Waals surface area contributed by atoms with E-state index in [1.165, 1.54) is 45.3 Å². The van der Waals surface area contributed by atoms with Crippen LogP contribution in [0.2, 0.25) is 0 Å². The van der Waals surface area contributed by atoms with Crippen LogP contribution in [0.15, 0.2) is 42.5 Å². The van der Waals surface area contributed by atoms with Crippen LogP contribution in [-0.4, -0.2) is 7.11 Å². The molecule has 1 aliphatic rings. The molecule has 4 heteroatoms. The molecule has 2 aromatic rings. The van der Waals surface area contributed by atoms with Gasteiger partial charge in [0.05, 0.1) is 7.11 Å². The van der Waals surface area contributed by atoms with Crippen molar-refractivity contribution < 1.29 is 17.9 Å². The molecular weight excluding hydrogens is 301 g/mol. The normalized spacial score (nSPS) is 14.8. The van der Waals surface area contributed by atoms with E-state index in [4.69, 9.17) is 0 Å². The zero-order valence-corrected chi connectivity index (χ0v) is 13.2. The Hall–Kier alpha value is -1.97.